The van der Waals surface area contributed by atoms with Crippen molar-refractivity contribution in [3.63, 3.8) is 0 Å². The summed E-state index contributed by atoms with van der Waals surface area (Å²) in [4.78, 5) is 3.62. The largest absolute Gasteiger partial charge is 0.497 e. The molecule has 0 saturated heterocycles. The van der Waals surface area contributed by atoms with Crippen LogP contribution in [0.2, 0.25) is 0 Å². The number of methoxy groups -OCH3 is 1. The van der Waals surface area contributed by atoms with Crippen molar-refractivity contribution in [1.29, 1.82) is 0 Å². The van der Waals surface area contributed by atoms with E-state index in [-0.39, 0.29) is 0 Å². The predicted molar refractivity (Wildman–Crippen MR) is 65.6 cm³/mol. The number of benzene rings is 1. The van der Waals surface area contributed by atoms with Gasteiger partial charge in [0.2, 0.25) is 0 Å². The molecule has 1 aliphatic heterocycles. The number of thioether (sulfide) groups is 1. The van der Waals surface area contributed by atoms with Gasteiger partial charge in [-0.25, -0.2) is 0 Å². The van der Waals surface area contributed by atoms with Crippen molar-refractivity contribution >= 4 is 17.4 Å². The van der Waals surface area contributed by atoms with Gasteiger partial charge in [0.05, 0.1) is 17.8 Å². The summed E-state index contributed by atoms with van der Waals surface area (Å²) in [6.07, 6.45) is 2.15. The fourth-order valence-corrected chi connectivity index (χ4v) is 2.84. The minimum Gasteiger partial charge on any atom is -0.497 e. The molecular formula is C12H15NOS. The monoisotopic (exact) mass is 221 g/mol. The average Bonchev–Trinajstić information content (AvgIpc) is 2.65. The highest BCUT2D eigenvalue weighted by Crippen LogP contribution is 2.46. The summed E-state index contributed by atoms with van der Waals surface area (Å²) in [5.41, 5.74) is 1.26. The summed E-state index contributed by atoms with van der Waals surface area (Å²) < 4.78 is 5.25. The first-order valence-corrected chi connectivity index (χ1v) is 5.91. The van der Waals surface area contributed by atoms with Crippen molar-refractivity contribution in [2.45, 2.75) is 18.7 Å². The molecule has 0 radical (unpaired) electrons. The van der Waals surface area contributed by atoms with Gasteiger partial charge in [-0.3, -0.25) is 0 Å². The Bertz CT molecular complexity index is 401. The molecule has 0 bridgehead atoms. The second-order valence-corrected chi connectivity index (χ2v) is 4.37. The highest BCUT2D eigenvalue weighted by molar-refractivity contribution is 8.03. The zero-order valence-corrected chi connectivity index (χ0v) is 10.1. The first-order valence-electron chi connectivity index (χ1n) is 5.10. The zero-order valence-electron chi connectivity index (χ0n) is 9.28. The third-order valence-corrected chi connectivity index (χ3v) is 3.73. The Morgan fingerprint density at radius 1 is 1.47 bits per heavy atom. The van der Waals surface area contributed by atoms with Crippen LogP contribution in [0.4, 0.5) is 5.69 Å². The van der Waals surface area contributed by atoms with Gasteiger partial charge in [0.25, 0.3) is 0 Å². The van der Waals surface area contributed by atoms with Crippen molar-refractivity contribution in [2.24, 2.45) is 0 Å². The van der Waals surface area contributed by atoms with Crippen LogP contribution in [0.25, 0.3) is 0 Å². The molecule has 0 aliphatic carbocycles. The summed E-state index contributed by atoms with van der Waals surface area (Å²) in [7, 11) is 1.71. The minimum absolute atomic E-state index is 0.921. The number of allylic oxidation sites excluding steroid dienone is 1. The molecule has 0 aromatic heterocycles. The highest BCUT2D eigenvalue weighted by Gasteiger charge is 2.23. The Morgan fingerprint density at radius 2 is 2.27 bits per heavy atom. The Labute approximate surface area is 94.9 Å². The molecule has 2 nitrogen and oxygen atoms in total. The number of ether oxygens (including phenoxy) is 1. The Balaban J connectivity index is 2.45. The van der Waals surface area contributed by atoms with Gasteiger partial charge < -0.3 is 9.64 Å². The number of nitrogens with zero attached hydrogens (tertiary/aromatic N) is 1. The molecular weight excluding hydrogens is 206 g/mol. The molecule has 0 saturated carbocycles. The first kappa shape index (κ1) is 10.4. The van der Waals surface area contributed by atoms with Gasteiger partial charge in [0.15, 0.2) is 0 Å². The second-order valence-electron chi connectivity index (χ2n) is 3.31. The summed E-state index contributed by atoms with van der Waals surface area (Å²) in [6, 6.07) is 6.23. The van der Waals surface area contributed by atoms with E-state index in [0.717, 1.165) is 12.3 Å². The molecule has 15 heavy (non-hydrogen) atoms. The van der Waals surface area contributed by atoms with Crippen LogP contribution in [-0.2, 0) is 0 Å². The molecule has 0 N–H and O–H groups in total. The van der Waals surface area contributed by atoms with E-state index >= 15 is 0 Å². The number of fused-ring (bicyclic) bond motifs is 1. The van der Waals surface area contributed by atoms with Crippen LogP contribution in [0.15, 0.2) is 34.2 Å². The lowest BCUT2D eigenvalue weighted by molar-refractivity contribution is 0.414. The number of anilines is 1. The van der Waals surface area contributed by atoms with E-state index in [4.69, 9.17) is 4.74 Å². The van der Waals surface area contributed by atoms with Gasteiger partial charge >= 0.3 is 0 Å². The Morgan fingerprint density at radius 3 is 2.87 bits per heavy atom. The molecule has 1 heterocycles. The molecule has 3 heteroatoms. The molecule has 1 aliphatic rings. The van der Waals surface area contributed by atoms with E-state index in [1.807, 2.05) is 17.8 Å². The molecule has 2 rings (SSSR count). The van der Waals surface area contributed by atoms with Crippen LogP contribution in [0.5, 0.6) is 5.75 Å². The fraction of sp³-hybridized carbons (Fsp3) is 0.333. The van der Waals surface area contributed by atoms with Crippen LogP contribution in [0.1, 0.15) is 13.8 Å². The molecule has 0 atom stereocenters. The zero-order chi connectivity index (χ0) is 10.8. The second kappa shape index (κ2) is 4.19. The highest BCUT2D eigenvalue weighted by atomic mass is 32.2. The molecule has 0 unspecified atom stereocenters. The standard InChI is InChI=1S/C12H15NOS/c1-4-12-13(5-2)10-8-9(14-3)6-7-11(10)15-12/h4,6-8H,5H2,1-3H3. The lowest BCUT2D eigenvalue weighted by atomic mass is 10.2. The van der Waals surface area contributed by atoms with Crippen molar-refractivity contribution in [1.82, 2.24) is 0 Å². The maximum Gasteiger partial charge on any atom is 0.121 e. The quantitative estimate of drug-likeness (QED) is 0.758. The number of rotatable bonds is 2. The molecule has 0 amide bonds. The number of hydrogen-bond donors (Lipinski definition) is 0. The molecule has 80 valence electrons. The lowest BCUT2D eigenvalue weighted by Gasteiger charge is -2.17. The summed E-state index contributed by atoms with van der Waals surface area (Å²) in [5.74, 6) is 0.921. The summed E-state index contributed by atoms with van der Waals surface area (Å²) in [6.45, 7) is 5.24. The SMILES string of the molecule is CC=C1Sc2ccc(OC)cc2N1CC. The maximum absolute atomic E-state index is 5.25. The predicted octanol–water partition coefficient (Wildman–Crippen LogP) is 3.49. The van der Waals surface area contributed by atoms with Crippen LogP contribution < -0.4 is 9.64 Å². The van der Waals surface area contributed by atoms with Crippen molar-refractivity contribution in [2.75, 3.05) is 18.6 Å². The smallest absolute Gasteiger partial charge is 0.121 e. The van der Waals surface area contributed by atoms with Gasteiger partial charge in [0, 0.05) is 17.5 Å². The van der Waals surface area contributed by atoms with E-state index in [0.29, 0.717) is 0 Å². The van der Waals surface area contributed by atoms with E-state index < -0.39 is 0 Å². The van der Waals surface area contributed by atoms with Gasteiger partial charge in [-0.05, 0) is 26.0 Å². The third-order valence-electron chi connectivity index (χ3n) is 2.50. The lowest BCUT2D eigenvalue weighted by Crippen LogP contribution is -2.16. The molecule has 0 spiro atoms. The maximum atomic E-state index is 5.25. The van der Waals surface area contributed by atoms with Crippen molar-refractivity contribution in [3.05, 3.63) is 29.3 Å². The van der Waals surface area contributed by atoms with E-state index in [2.05, 4.69) is 37.0 Å². The van der Waals surface area contributed by atoms with Crippen LogP contribution in [0.3, 0.4) is 0 Å². The summed E-state index contributed by atoms with van der Waals surface area (Å²) in [5, 5.41) is 1.31. The van der Waals surface area contributed by atoms with Crippen LogP contribution >= 0.6 is 11.8 Å². The van der Waals surface area contributed by atoms with E-state index in [1.54, 1.807) is 7.11 Å². The normalized spacial score (nSPS) is 17.0. The van der Waals surface area contributed by atoms with Gasteiger partial charge in [-0.1, -0.05) is 17.8 Å². The van der Waals surface area contributed by atoms with Crippen molar-refractivity contribution in [3.8, 4) is 5.75 Å². The van der Waals surface area contributed by atoms with Crippen molar-refractivity contribution < 1.29 is 4.74 Å². The first-order chi connectivity index (χ1) is 7.30. The molecule has 1 aromatic rings. The van der Waals surface area contributed by atoms with Gasteiger partial charge in [-0.2, -0.15) is 0 Å². The fourth-order valence-electron chi connectivity index (χ4n) is 1.75. The summed E-state index contributed by atoms with van der Waals surface area (Å²) >= 11 is 1.82. The van der Waals surface area contributed by atoms with Crippen LogP contribution in [0, 0.1) is 0 Å². The third kappa shape index (κ3) is 1.72. The average molecular weight is 221 g/mol. The van der Waals surface area contributed by atoms with E-state index in [1.165, 1.54) is 15.6 Å². The Hall–Kier alpha value is -1.09. The Kier molecular flexibility index (Phi) is 2.91. The van der Waals surface area contributed by atoms with E-state index in [9.17, 15) is 0 Å². The number of hydrogen-bond acceptors (Lipinski definition) is 3. The molecule has 0 fully saturated rings. The van der Waals surface area contributed by atoms with Crippen LogP contribution in [-0.4, -0.2) is 13.7 Å². The minimum atomic E-state index is 0.921. The topological polar surface area (TPSA) is 12.5 Å². The molecule has 1 aromatic carbocycles. The van der Waals surface area contributed by atoms with Gasteiger partial charge in [0.1, 0.15) is 5.75 Å². The van der Waals surface area contributed by atoms with Gasteiger partial charge in [-0.15, -0.1) is 0 Å².